The summed E-state index contributed by atoms with van der Waals surface area (Å²) in [4.78, 5) is 43.3. The van der Waals surface area contributed by atoms with Crippen LogP contribution in [0.15, 0.2) is 33.9 Å². The molecule has 2 heterocycles. The second-order valence-corrected chi connectivity index (χ2v) is 20.2. The number of hydrogen-bond donors (Lipinski definition) is 2. The van der Waals surface area contributed by atoms with Gasteiger partial charge in [-0.05, 0) is 128 Å². The Kier molecular flexibility index (Phi) is 9.40. The van der Waals surface area contributed by atoms with Crippen molar-refractivity contribution in [1.82, 2.24) is 15.2 Å². The van der Waals surface area contributed by atoms with E-state index in [1.54, 1.807) is 26.0 Å². The van der Waals surface area contributed by atoms with Gasteiger partial charge in [0.1, 0.15) is 17.9 Å². The van der Waals surface area contributed by atoms with Crippen molar-refractivity contribution >= 4 is 29.3 Å². The number of carbonyl (C=O) groups excluding carboxylic acids is 2. The summed E-state index contributed by atoms with van der Waals surface area (Å²) >= 11 is 6.05. The second kappa shape index (κ2) is 13.0. The Morgan fingerprint density at radius 1 is 0.981 bits per heavy atom. The SMILES string of the molecule is CC(C)C1=C2[C@H]3CC[C@@H]4[C@@]5(C)CC[C@H](OC(=O)CC(C)(C)C(=O)O)C(C)(C)[C@@H]5CC[C@@]4(C)[C@]3(C)CC[C@@]2([C@@H](O)c2nnc(-c3ccc(Cl)cn3)o2)CC1=O. The molecule has 4 fully saturated rings. The largest absolute Gasteiger partial charge is 0.481 e. The van der Waals surface area contributed by atoms with Crippen LogP contribution < -0.4 is 0 Å². The predicted octanol–water partition coefficient (Wildman–Crippen LogP) is 9.21. The van der Waals surface area contributed by atoms with Gasteiger partial charge in [0, 0.05) is 23.4 Å². The first-order valence-corrected chi connectivity index (χ1v) is 20.3. The Morgan fingerprint density at radius 2 is 1.70 bits per heavy atom. The summed E-state index contributed by atoms with van der Waals surface area (Å²) in [6.45, 7) is 19.3. The molecule has 5 aliphatic carbocycles. The van der Waals surface area contributed by atoms with Crippen molar-refractivity contribution in [3.05, 3.63) is 40.4 Å². The van der Waals surface area contributed by atoms with Gasteiger partial charge in [-0.15, -0.1) is 10.2 Å². The Balaban J connectivity index is 1.19. The van der Waals surface area contributed by atoms with E-state index >= 15 is 0 Å². The lowest BCUT2D eigenvalue weighted by atomic mass is 9.33. The zero-order chi connectivity index (χ0) is 39.4. The molecule has 9 atom stereocenters. The van der Waals surface area contributed by atoms with Crippen LogP contribution in [0.3, 0.4) is 0 Å². The van der Waals surface area contributed by atoms with Crippen LogP contribution in [-0.4, -0.2) is 49.2 Å². The molecule has 11 heteroatoms. The van der Waals surface area contributed by atoms with Gasteiger partial charge < -0.3 is 19.4 Å². The number of carboxylic acids is 1. The summed E-state index contributed by atoms with van der Waals surface area (Å²) in [7, 11) is 0. The molecule has 2 N–H and O–H groups in total. The van der Waals surface area contributed by atoms with E-state index in [0.717, 1.165) is 56.1 Å². The normalized spacial score (nSPS) is 36.6. The molecule has 0 saturated heterocycles. The summed E-state index contributed by atoms with van der Waals surface area (Å²) in [6.07, 6.45) is 7.35. The van der Waals surface area contributed by atoms with E-state index in [1.165, 1.54) is 6.20 Å². The van der Waals surface area contributed by atoms with Gasteiger partial charge in [-0.25, -0.2) is 4.98 Å². The van der Waals surface area contributed by atoms with Gasteiger partial charge in [-0.2, -0.15) is 0 Å². The van der Waals surface area contributed by atoms with E-state index < -0.39 is 28.9 Å². The fraction of sp³-hybridized carbons (Fsp3) is 0.721. The van der Waals surface area contributed by atoms with Gasteiger partial charge in [-0.1, -0.05) is 60.1 Å². The van der Waals surface area contributed by atoms with Crippen LogP contribution in [0.25, 0.3) is 11.6 Å². The number of esters is 1. The molecular weight excluding hydrogens is 706 g/mol. The highest BCUT2D eigenvalue weighted by Crippen LogP contribution is 2.77. The quantitative estimate of drug-likeness (QED) is 0.249. The molecule has 4 saturated carbocycles. The summed E-state index contributed by atoms with van der Waals surface area (Å²) in [5, 5.41) is 31.0. The van der Waals surface area contributed by atoms with Crippen molar-refractivity contribution in [3.8, 4) is 11.6 Å². The topological polar surface area (TPSA) is 153 Å². The number of carbonyl (C=O) groups is 3. The van der Waals surface area contributed by atoms with Gasteiger partial charge in [0.05, 0.1) is 16.9 Å². The lowest BCUT2D eigenvalue weighted by molar-refractivity contribution is -0.235. The van der Waals surface area contributed by atoms with Gasteiger partial charge in [0.15, 0.2) is 5.78 Å². The molecular formula is C43H58ClN3O7. The number of aliphatic hydroxyl groups excluding tert-OH is 1. The molecule has 5 aliphatic rings. The molecule has 2 aromatic heterocycles. The minimum Gasteiger partial charge on any atom is -0.481 e. The molecule has 0 spiro atoms. The fourth-order valence-electron chi connectivity index (χ4n) is 13.0. The Labute approximate surface area is 324 Å². The summed E-state index contributed by atoms with van der Waals surface area (Å²) in [6, 6.07) is 3.41. The maximum absolute atomic E-state index is 14.1. The number of halogens is 1. The van der Waals surface area contributed by atoms with Crippen molar-refractivity contribution in [3.63, 3.8) is 0 Å². The number of aliphatic hydroxyl groups is 1. The fourth-order valence-corrected chi connectivity index (χ4v) is 13.1. The van der Waals surface area contributed by atoms with E-state index in [9.17, 15) is 24.6 Å². The number of fused-ring (bicyclic) bond motifs is 7. The third-order valence-corrected chi connectivity index (χ3v) is 16.2. The maximum atomic E-state index is 14.1. The number of rotatable bonds is 8. The van der Waals surface area contributed by atoms with Crippen molar-refractivity contribution in [2.24, 2.45) is 56.2 Å². The van der Waals surface area contributed by atoms with Crippen molar-refractivity contribution < 1.29 is 33.8 Å². The third kappa shape index (κ3) is 5.65. The number of carboxylic acid groups (broad SMARTS) is 1. The predicted molar refractivity (Wildman–Crippen MR) is 203 cm³/mol. The first-order chi connectivity index (χ1) is 25.1. The lowest BCUT2D eigenvalue weighted by Crippen LogP contribution is -2.66. The smallest absolute Gasteiger partial charge is 0.309 e. The van der Waals surface area contributed by atoms with Crippen LogP contribution in [0.2, 0.25) is 5.02 Å². The van der Waals surface area contributed by atoms with E-state index in [4.69, 9.17) is 20.8 Å². The first kappa shape index (κ1) is 39.1. The highest BCUT2D eigenvalue weighted by molar-refractivity contribution is 6.30. The molecule has 294 valence electrons. The van der Waals surface area contributed by atoms with Crippen molar-refractivity contribution in [2.45, 2.75) is 139 Å². The number of aromatic nitrogens is 3. The van der Waals surface area contributed by atoms with Crippen LogP contribution in [0.1, 0.15) is 139 Å². The Morgan fingerprint density at radius 3 is 2.35 bits per heavy atom. The molecule has 0 aliphatic heterocycles. The molecule has 0 amide bonds. The summed E-state index contributed by atoms with van der Waals surface area (Å²) < 4.78 is 12.3. The van der Waals surface area contributed by atoms with Crippen molar-refractivity contribution in [2.75, 3.05) is 0 Å². The maximum Gasteiger partial charge on any atom is 0.309 e. The highest BCUT2D eigenvalue weighted by atomic mass is 35.5. The number of ketones is 1. The Bertz CT molecular complexity index is 1880. The third-order valence-electron chi connectivity index (χ3n) is 16.0. The number of aliphatic carboxylic acids is 1. The minimum atomic E-state index is -1.18. The Hall–Kier alpha value is -3.11. The zero-order valence-electron chi connectivity index (χ0n) is 33.4. The van der Waals surface area contributed by atoms with Crippen LogP contribution in [0, 0.1) is 56.2 Å². The van der Waals surface area contributed by atoms with Crippen LogP contribution in [-0.2, 0) is 19.1 Å². The number of hydrogen-bond acceptors (Lipinski definition) is 9. The molecule has 0 unspecified atom stereocenters. The average Bonchev–Trinajstić information content (AvgIpc) is 3.69. The van der Waals surface area contributed by atoms with Crippen molar-refractivity contribution in [1.29, 1.82) is 0 Å². The molecule has 7 rings (SSSR count). The van der Waals surface area contributed by atoms with Gasteiger partial charge in [0.2, 0.25) is 5.89 Å². The number of allylic oxidation sites excluding steroid dienone is 1. The van der Waals surface area contributed by atoms with E-state index in [2.05, 4.69) is 63.6 Å². The summed E-state index contributed by atoms with van der Waals surface area (Å²) in [5.41, 5.74) is 0.0555. The monoisotopic (exact) mass is 763 g/mol. The number of Topliss-reactive ketones (excluding diaryl/α,β-unsaturated/α-hetero) is 1. The standard InChI is InChI=1S/C43H58ClN3O7/c1-23(2)32-27(48)20-43(34(50)36-47-46-35(54-36)26-12-10-24(44)22-45-26)19-18-41(8)25(33(32)43)11-13-29-40(7)16-15-30(53-31(49)21-38(3,4)37(51)52)39(5,6)28(40)14-17-42(29,41)9/h10,12,22-23,25,28-30,34,50H,11,13-21H2,1-9H3,(H,51,52)/t25-,28+,29-,30+,34+,40+,41-,42-,43-/m1/s1. The average molecular weight is 764 g/mol. The molecule has 0 aromatic carbocycles. The summed E-state index contributed by atoms with van der Waals surface area (Å²) in [5.74, 6) is -0.133. The zero-order valence-corrected chi connectivity index (χ0v) is 34.2. The number of nitrogens with zero attached hydrogens (tertiary/aromatic N) is 3. The second-order valence-electron chi connectivity index (χ2n) is 19.8. The van der Waals surface area contributed by atoms with Crippen LogP contribution in [0.5, 0.6) is 0 Å². The molecule has 0 radical (unpaired) electrons. The van der Waals surface area contributed by atoms with E-state index in [-0.39, 0.29) is 70.0 Å². The minimum absolute atomic E-state index is 0.0123. The molecule has 2 aromatic rings. The van der Waals surface area contributed by atoms with Crippen LogP contribution >= 0.6 is 11.6 Å². The van der Waals surface area contributed by atoms with Gasteiger partial charge in [0.25, 0.3) is 5.89 Å². The van der Waals surface area contributed by atoms with Crippen LogP contribution in [0.4, 0.5) is 0 Å². The first-order valence-electron chi connectivity index (χ1n) is 20.0. The number of pyridine rings is 1. The van der Waals surface area contributed by atoms with E-state index in [0.29, 0.717) is 29.0 Å². The van der Waals surface area contributed by atoms with Gasteiger partial charge in [-0.3, -0.25) is 14.4 Å². The molecule has 54 heavy (non-hydrogen) atoms. The lowest BCUT2D eigenvalue weighted by Gasteiger charge is -2.72. The number of ether oxygens (including phenoxy) is 1. The van der Waals surface area contributed by atoms with E-state index in [1.807, 2.05) is 0 Å². The molecule has 0 bridgehead atoms. The molecule has 10 nitrogen and oxygen atoms in total. The van der Waals surface area contributed by atoms with Gasteiger partial charge >= 0.3 is 11.9 Å². The highest BCUT2D eigenvalue weighted by Gasteiger charge is 2.71.